The van der Waals surface area contributed by atoms with Crippen molar-refractivity contribution < 1.29 is 0 Å². The van der Waals surface area contributed by atoms with Crippen molar-refractivity contribution in [2.75, 3.05) is 0 Å². The van der Waals surface area contributed by atoms with Crippen molar-refractivity contribution in [3.63, 3.8) is 0 Å². The summed E-state index contributed by atoms with van der Waals surface area (Å²) in [4.78, 5) is 0. The van der Waals surface area contributed by atoms with E-state index in [9.17, 15) is 0 Å². The Balaban J connectivity index is 1.52. The van der Waals surface area contributed by atoms with E-state index in [2.05, 4.69) is 41.4 Å². The normalized spacial score (nSPS) is 10.9. The second-order valence-corrected chi connectivity index (χ2v) is 8.89. The molecule has 1 aromatic heterocycles. The van der Waals surface area contributed by atoms with Gasteiger partial charge in [0.2, 0.25) is 0 Å². The number of hydrogen-bond donors (Lipinski definition) is 0. The predicted octanol–water partition coefficient (Wildman–Crippen LogP) is 6.08. The summed E-state index contributed by atoms with van der Waals surface area (Å²) in [5.41, 5.74) is 3.85. The molecule has 3 aromatic rings. The van der Waals surface area contributed by atoms with E-state index in [0.717, 1.165) is 25.2 Å². The van der Waals surface area contributed by atoms with Gasteiger partial charge in [0.15, 0.2) is 8.68 Å². The van der Waals surface area contributed by atoms with Crippen molar-refractivity contribution in [1.29, 1.82) is 0 Å². The molecular formula is C17H15ClN2S3. The maximum absolute atomic E-state index is 5.90. The lowest BCUT2D eigenvalue weighted by molar-refractivity contribution is 0.954. The van der Waals surface area contributed by atoms with Gasteiger partial charge in [-0.25, -0.2) is 0 Å². The molecule has 0 saturated carbocycles. The van der Waals surface area contributed by atoms with E-state index in [1.807, 2.05) is 24.3 Å². The molecule has 118 valence electrons. The van der Waals surface area contributed by atoms with E-state index in [-0.39, 0.29) is 0 Å². The molecule has 0 aliphatic heterocycles. The van der Waals surface area contributed by atoms with Crippen LogP contribution in [0.25, 0.3) is 0 Å². The lowest BCUT2D eigenvalue weighted by Gasteiger charge is -2.00. The van der Waals surface area contributed by atoms with Gasteiger partial charge in [-0.1, -0.05) is 88.4 Å². The van der Waals surface area contributed by atoms with Crippen molar-refractivity contribution in [2.24, 2.45) is 0 Å². The smallest absolute Gasteiger partial charge is 0.131 e. The van der Waals surface area contributed by atoms with E-state index in [4.69, 9.17) is 11.6 Å². The molecule has 0 aliphatic rings. The molecule has 1 heterocycles. The zero-order chi connectivity index (χ0) is 16.1. The van der Waals surface area contributed by atoms with Crippen LogP contribution in [0.2, 0.25) is 5.02 Å². The van der Waals surface area contributed by atoms with Crippen LogP contribution in [0.15, 0.2) is 57.2 Å². The Kier molecular flexibility index (Phi) is 6.00. The highest BCUT2D eigenvalue weighted by atomic mass is 35.5. The minimum atomic E-state index is 0.768. The van der Waals surface area contributed by atoms with Crippen LogP contribution in [0, 0.1) is 6.92 Å². The number of halogens is 1. The van der Waals surface area contributed by atoms with Crippen molar-refractivity contribution in [3.8, 4) is 0 Å². The third-order valence-corrected chi connectivity index (χ3v) is 6.69. The average molecular weight is 379 g/mol. The van der Waals surface area contributed by atoms with Gasteiger partial charge in [-0.15, -0.1) is 10.2 Å². The molecule has 2 aromatic carbocycles. The van der Waals surface area contributed by atoms with Gasteiger partial charge in [0.1, 0.15) is 0 Å². The number of aryl methyl sites for hydroxylation is 1. The van der Waals surface area contributed by atoms with Crippen LogP contribution in [0.3, 0.4) is 0 Å². The first-order chi connectivity index (χ1) is 11.2. The first-order valence-corrected chi connectivity index (χ1v) is 10.2. The summed E-state index contributed by atoms with van der Waals surface area (Å²) in [5.74, 6) is 1.81. The zero-order valence-corrected chi connectivity index (χ0v) is 15.7. The summed E-state index contributed by atoms with van der Waals surface area (Å²) < 4.78 is 2.02. The fraction of sp³-hybridized carbons (Fsp3) is 0.176. The molecule has 0 spiro atoms. The molecule has 0 saturated heterocycles. The molecular weight excluding hydrogens is 364 g/mol. The van der Waals surface area contributed by atoms with Crippen LogP contribution in [-0.4, -0.2) is 10.2 Å². The topological polar surface area (TPSA) is 25.8 Å². The lowest BCUT2D eigenvalue weighted by Crippen LogP contribution is -1.81. The number of aromatic nitrogens is 2. The van der Waals surface area contributed by atoms with Gasteiger partial charge < -0.3 is 0 Å². The van der Waals surface area contributed by atoms with Gasteiger partial charge in [-0.3, -0.25) is 0 Å². The predicted molar refractivity (Wildman–Crippen MR) is 102 cm³/mol. The van der Waals surface area contributed by atoms with Gasteiger partial charge in [0.25, 0.3) is 0 Å². The van der Waals surface area contributed by atoms with Crippen molar-refractivity contribution in [2.45, 2.75) is 27.1 Å². The molecule has 0 aliphatic carbocycles. The molecule has 23 heavy (non-hydrogen) atoms. The molecule has 3 rings (SSSR count). The molecule has 0 fully saturated rings. The molecule has 2 nitrogen and oxygen atoms in total. The van der Waals surface area contributed by atoms with Gasteiger partial charge in [0, 0.05) is 16.5 Å². The highest BCUT2D eigenvalue weighted by molar-refractivity contribution is 8.02. The minimum absolute atomic E-state index is 0.768. The summed E-state index contributed by atoms with van der Waals surface area (Å²) in [7, 11) is 0. The summed E-state index contributed by atoms with van der Waals surface area (Å²) >= 11 is 11.0. The standard InChI is InChI=1S/C17H15ClN2S3/c1-12-3-2-4-14(9-12)11-22-17-20-19-16(23-17)21-10-13-5-7-15(18)8-6-13/h2-9H,10-11H2,1H3. The third kappa shape index (κ3) is 5.24. The number of rotatable bonds is 6. The van der Waals surface area contributed by atoms with Crippen LogP contribution in [0.1, 0.15) is 16.7 Å². The van der Waals surface area contributed by atoms with Crippen LogP contribution in [0.4, 0.5) is 0 Å². The molecule has 0 radical (unpaired) electrons. The number of thioether (sulfide) groups is 2. The van der Waals surface area contributed by atoms with Gasteiger partial charge >= 0.3 is 0 Å². The van der Waals surface area contributed by atoms with E-state index >= 15 is 0 Å². The quantitative estimate of drug-likeness (QED) is 0.485. The van der Waals surface area contributed by atoms with Crippen LogP contribution >= 0.6 is 46.5 Å². The molecule has 0 unspecified atom stereocenters. The average Bonchev–Trinajstić information content (AvgIpc) is 3.00. The Hall–Kier alpha value is -1.01. The molecule has 0 N–H and O–H groups in total. The van der Waals surface area contributed by atoms with Crippen LogP contribution in [0.5, 0.6) is 0 Å². The maximum Gasteiger partial charge on any atom is 0.175 e. The fourth-order valence-corrected chi connectivity index (χ4v) is 5.03. The summed E-state index contributed by atoms with van der Waals surface area (Å²) in [6.45, 7) is 2.12. The SMILES string of the molecule is Cc1cccc(CSc2nnc(SCc3ccc(Cl)cc3)s2)c1. The van der Waals surface area contributed by atoms with Crippen LogP contribution < -0.4 is 0 Å². The largest absolute Gasteiger partial charge is 0.175 e. The molecule has 0 amide bonds. The van der Waals surface area contributed by atoms with E-state index in [1.54, 1.807) is 34.9 Å². The number of hydrogen-bond acceptors (Lipinski definition) is 5. The van der Waals surface area contributed by atoms with E-state index in [0.29, 0.717) is 0 Å². The lowest BCUT2D eigenvalue weighted by atomic mass is 10.2. The second-order valence-electron chi connectivity index (χ2n) is 5.03. The first-order valence-electron chi connectivity index (χ1n) is 7.08. The van der Waals surface area contributed by atoms with Crippen molar-refractivity contribution >= 4 is 46.5 Å². The Morgan fingerprint density at radius 2 is 1.57 bits per heavy atom. The molecule has 6 heteroatoms. The van der Waals surface area contributed by atoms with Crippen LogP contribution in [-0.2, 0) is 11.5 Å². The minimum Gasteiger partial charge on any atom is -0.131 e. The van der Waals surface area contributed by atoms with Crippen molar-refractivity contribution in [3.05, 3.63) is 70.2 Å². The molecule has 0 atom stereocenters. The van der Waals surface area contributed by atoms with E-state index in [1.165, 1.54) is 16.7 Å². The Labute approximate surface area is 153 Å². The van der Waals surface area contributed by atoms with Crippen molar-refractivity contribution in [1.82, 2.24) is 10.2 Å². The van der Waals surface area contributed by atoms with Gasteiger partial charge in [0.05, 0.1) is 0 Å². The summed E-state index contributed by atoms with van der Waals surface area (Å²) in [6, 6.07) is 16.5. The van der Waals surface area contributed by atoms with Gasteiger partial charge in [-0.05, 0) is 30.2 Å². The highest BCUT2D eigenvalue weighted by Gasteiger charge is 2.06. The number of benzene rings is 2. The Morgan fingerprint density at radius 1 is 0.913 bits per heavy atom. The highest BCUT2D eigenvalue weighted by Crippen LogP contribution is 2.32. The molecule has 0 bridgehead atoms. The first kappa shape index (κ1) is 16.8. The van der Waals surface area contributed by atoms with E-state index < -0.39 is 0 Å². The third-order valence-electron chi connectivity index (χ3n) is 3.11. The maximum atomic E-state index is 5.90. The Bertz CT molecular complexity index is 772. The van der Waals surface area contributed by atoms with Gasteiger partial charge in [-0.2, -0.15) is 0 Å². The summed E-state index contributed by atoms with van der Waals surface area (Å²) in [5, 5.41) is 9.30. The second kappa shape index (κ2) is 8.20. The fourth-order valence-electron chi connectivity index (χ4n) is 1.99. The monoisotopic (exact) mass is 378 g/mol. The Morgan fingerprint density at radius 3 is 2.22 bits per heavy atom. The summed E-state index contributed by atoms with van der Waals surface area (Å²) in [6.07, 6.45) is 0. The number of nitrogens with zero attached hydrogens (tertiary/aromatic N) is 2. The zero-order valence-electron chi connectivity index (χ0n) is 12.5.